The standard InChI is InChI=1S/C6H13O5P/c1-2-3-10-4-6(7)5-11-12(8)9/h2,6-7,12H,1,3-5H2,(H,8,9). The van der Waals surface area contributed by atoms with E-state index >= 15 is 0 Å². The zero-order valence-electron chi connectivity index (χ0n) is 6.60. The van der Waals surface area contributed by atoms with Crippen molar-refractivity contribution in [1.82, 2.24) is 0 Å². The maximum absolute atomic E-state index is 10.0. The van der Waals surface area contributed by atoms with E-state index in [4.69, 9.17) is 14.7 Å². The molecule has 0 radical (unpaired) electrons. The minimum Gasteiger partial charge on any atom is -0.388 e. The van der Waals surface area contributed by atoms with Gasteiger partial charge in [0.1, 0.15) is 6.10 Å². The topological polar surface area (TPSA) is 76.0 Å². The predicted molar refractivity (Wildman–Crippen MR) is 44.2 cm³/mol. The summed E-state index contributed by atoms with van der Waals surface area (Å²) in [5.74, 6) is 0. The van der Waals surface area contributed by atoms with Crippen molar-refractivity contribution >= 4 is 8.25 Å². The van der Waals surface area contributed by atoms with Gasteiger partial charge in [0.15, 0.2) is 0 Å². The maximum atomic E-state index is 10.0. The molecule has 0 aromatic heterocycles. The number of aliphatic hydroxyl groups excluding tert-OH is 1. The van der Waals surface area contributed by atoms with Crippen LogP contribution in [-0.4, -0.2) is 35.9 Å². The van der Waals surface area contributed by atoms with E-state index in [-0.39, 0.29) is 13.2 Å². The molecule has 0 aliphatic heterocycles. The van der Waals surface area contributed by atoms with Gasteiger partial charge in [0, 0.05) is 0 Å². The van der Waals surface area contributed by atoms with E-state index in [2.05, 4.69) is 11.1 Å². The number of rotatable bonds is 7. The molecule has 5 nitrogen and oxygen atoms in total. The molecule has 72 valence electrons. The minimum absolute atomic E-state index is 0.0706. The molecule has 0 saturated heterocycles. The summed E-state index contributed by atoms with van der Waals surface area (Å²) in [5.41, 5.74) is 0. The number of ether oxygens (including phenoxy) is 1. The van der Waals surface area contributed by atoms with Crippen LogP contribution in [0, 0.1) is 0 Å². The van der Waals surface area contributed by atoms with Gasteiger partial charge in [0.2, 0.25) is 0 Å². The van der Waals surface area contributed by atoms with Crippen molar-refractivity contribution in [2.75, 3.05) is 19.8 Å². The number of hydrogen-bond donors (Lipinski definition) is 2. The Labute approximate surface area is 71.6 Å². The Kier molecular flexibility index (Phi) is 7.34. The lowest BCUT2D eigenvalue weighted by molar-refractivity contribution is 0.0207. The van der Waals surface area contributed by atoms with Gasteiger partial charge < -0.3 is 19.3 Å². The molecule has 0 aliphatic carbocycles. The zero-order valence-corrected chi connectivity index (χ0v) is 7.60. The lowest BCUT2D eigenvalue weighted by Gasteiger charge is -2.08. The Morgan fingerprint density at radius 2 is 2.25 bits per heavy atom. The summed E-state index contributed by atoms with van der Waals surface area (Å²) >= 11 is 0. The van der Waals surface area contributed by atoms with Crippen LogP contribution in [0.15, 0.2) is 12.7 Å². The highest BCUT2D eigenvalue weighted by molar-refractivity contribution is 7.32. The molecule has 0 aliphatic rings. The molecule has 12 heavy (non-hydrogen) atoms. The van der Waals surface area contributed by atoms with Gasteiger partial charge in [-0.3, -0.25) is 4.57 Å². The van der Waals surface area contributed by atoms with Crippen LogP contribution < -0.4 is 0 Å². The largest absolute Gasteiger partial charge is 0.388 e. The van der Waals surface area contributed by atoms with Crippen LogP contribution in [0.4, 0.5) is 0 Å². The lowest BCUT2D eigenvalue weighted by Crippen LogP contribution is -2.20. The van der Waals surface area contributed by atoms with Gasteiger partial charge in [-0.1, -0.05) is 6.08 Å². The fraction of sp³-hybridized carbons (Fsp3) is 0.667. The molecule has 0 bridgehead atoms. The highest BCUT2D eigenvalue weighted by Crippen LogP contribution is 2.14. The Bertz CT molecular complexity index is 149. The Morgan fingerprint density at radius 3 is 2.75 bits per heavy atom. The maximum Gasteiger partial charge on any atom is 0.316 e. The first kappa shape index (κ1) is 11.8. The van der Waals surface area contributed by atoms with Crippen molar-refractivity contribution in [1.29, 1.82) is 0 Å². The van der Waals surface area contributed by atoms with Gasteiger partial charge in [0.05, 0.1) is 19.8 Å². The Morgan fingerprint density at radius 1 is 1.58 bits per heavy atom. The summed E-state index contributed by atoms with van der Waals surface area (Å²) < 4.78 is 19.2. The summed E-state index contributed by atoms with van der Waals surface area (Å²) in [6.07, 6.45) is 0.675. The van der Waals surface area contributed by atoms with E-state index in [9.17, 15) is 4.57 Å². The molecule has 0 amide bonds. The highest BCUT2D eigenvalue weighted by Gasteiger charge is 2.04. The van der Waals surface area contributed by atoms with Crippen molar-refractivity contribution < 1.29 is 23.8 Å². The van der Waals surface area contributed by atoms with Crippen LogP contribution in [-0.2, 0) is 13.8 Å². The summed E-state index contributed by atoms with van der Waals surface area (Å²) in [6, 6.07) is 0. The summed E-state index contributed by atoms with van der Waals surface area (Å²) in [5, 5.41) is 9.01. The number of hydrogen-bond acceptors (Lipinski definition) is 4. The summed E-state index contributed by atoms with van der Waals surface area (Å²) in [6.45, 7) is 3.63. The second-order valence-electron chi connectivity index (χ2n) is 2.06. The van der Waals surface area contributed by atoms with Gasteiger partial charge in [-0.2, -0.15) is 0 Å². The predicted octanol–water partition coefficient (Wildman–Crippen LogP) is -0.0515. The second-order valence-corrected chi connectivity index (χ2v) is 2.88. The van der Waals surface area contributed by atoms with Gasteiger partial charge in [0.25, 0.3) is 0 Å². The fourth-order valence-electron chi connectivity index (χ4n) is 0.503. The summed E-state index contributed by atoms with van der Waals surface area (Å²) in [4.78, 5) is 8.23. The molecular weight excluding hydrogens is 183 g/mol. The molecular formula is C6H13O5P. The van der Waals surface area contributed by atoms with Gasteiger partial charge in [-0.05, 0) is 0 Å². The smallest absolute Gasteiger partial charge is 0.316 e. The van der Waals surface area contributed by atoms with E-state index in [1.54, 1.807) is 6.08 Å². The molecule has 0 rings (SSSR count). The second kappa shape index (κ2) is 7.46. The van der Waals surface area contributed by atoms with Crippen LogP contribution in [0.25, 0.3) is 0 Å². The third-order valence-corrected chi connectivity index (χ3v) is 1.36. The normalized spacial score (nSPS) is 15.5. The molecule has 2 N–H and O–H groups in total. The molecule has 2 atom stereocenters. The molecule has 0 saturated carbocycles. The molecule has 0 aromatic rings. The lowest BCUT2D eigenvalue weighted by atomic mass is 10.4. The third-order valence-electron chi connectivity index (χ3n) is 0.945. The molecule has 0 fully saturated rings. The zero-order chi connectivity index (χ0) is 9.40. The first-order chi connectivity index (χ1) is 5.66. The molecule has 0 aromatic carbocycles. The molecule has 2 unspecified atom stereocenters. The first-order valence-electron chi connectivity index (χ1n) is 3.39. The van der Waals surface area contributed by atoms with Crippen LogP contribution >= 0.6 is 8.25 Å². The van der Waals surface area contributed by atoms with E-state index in [0.29, 0.717) is 6.61 Å². The quantitative estimate of drug-likeness (QED) is 0.339. The first-order valence-corrected chi connectivity index (χ1v) is 4.65. The van der Waals surface area contributed by atoms with Gasteiger partial charge in [-0.15, -0.1) is 6.58 Å². The van der Waals surface area contributed by atoms with Crippen molar-refractivity contribution in [3.8, 4) is 0 Å². The van der Waals surface area contributed by atoms with Crippen molar-refractivity contribution in [3.05, 3.63) is 12.7 Å². The average molecular weight is 196 g/mol. The van der Waals surface area contributed by atoms with E-state index < -0.39 is 14.4 Å². The van der Waals surface area contributed by atoms with Crippen LogP contribution in [0.2, 0.25) is 0 Å². The minimum atomic E-state index is -2.95. The van der Waals surface area contributed by atoms with E-state index in [0.717, 1.165) is 0 Å². The average Bonchev–Trinajstić information content (AvgIpc) is 2.01. The van der Waals surface area contributed by atoms with E-state index in [1.807, 2.05) is 0 Å². The summed E-state index contributed by atoms with van der Waals surface area (Å²) in [7, 11) is -2.95. The molecule has 0 heterocycles. The van der Waals surface area contributed by atoms with Crippen molar-refractivity contribution in [2.24, 2.45) is 0 Å². The fourth-order valence-corrected chi connectivity index (χ4v) is 0.838. The molecule has 0 spiro atoms. The monoisotopic (exact) mass is 196 g/mol. The SMILES string of the molecule is C=CCOCC(O)CO[PH](=O)O. The van der Waals surface area contributed by atoms with Gasteiger partial charge >= 0.3 is 8.25 Å². The molecule has 6 heteroatoms. The van der Waals surface area contributed by atoms with Crippen LogP contribution in [0.5, 0.6) is 0 Å². The van der Waals surface area contributed by atoms with Crippen LogP contribution in [0.3, 0.4) is 0 Å². The van der Waals surface area contributed by atoms with Crippen molar-refractivity contribution in [3.63, 3.8) is 0 Å². The van der Waals surface area contributed by atoms with Crippen LogP contribution in [0.1, 0.15) is 0 Å². The van der Waals surface area contributed by atoms with E-state index in [1.165, 1.54) is 0 Å². The Balaban J connectivity index is 3.26. The third kappa shape index (κ3) is 7.91. The highest BCUT2D eigenvalue weighted by atomic mass is 31.1. The van der Waals surface area contributed by atoms with Crippen molar-refractivity contribution in [2.45, 2.75) is 6.10 Å². The van der Waals surface area contributed by atoms with Gasteiger partial charge in [-0.25, -0.2) is 0 Å². The number of aliphatic hydroxyl groups is 1. The Hall–Kier alpha value is -0.190.